The summed E-state index contributed by atoms with van der Waals surface area (Å²) in [4.78, 5) is 0. The standard InChI is InChI=1S/C5H9NO/c1-5-3-2-4-6(5)7/h2,4-6H,3H2,1H3. The van der Waals surface area contributed by atoms with Crippen LogP contribution in [0.1, 0.15) is 13.3 Å². The fraction of sp³-hybridized carbons (Fsp3) is 0.600. The molecule has 0 aromatic heterocycles. The van der Waals surface area contributed by atoms with E-state index >= 15 is 0 Å². The number of quaternary nitrogens is 1. The van der Waals surface area contributed by atoms with Crippen LogP contribution in [0.15, 0.2) is 12.3 Å². The number of nitrogens with one attached hydrogen (secondary N) is 1. The van der Waals surface area contributed by atoms with Crippen molar-refractivity contribution >= 4 is 0 Å². The van der Waals surface area contributed by atoms with Gasteiger partial charge < -0.3 is 10.3 Å². The second-order valence-corrected chi connectivity index (χ2v) is 1.94. The molecule has 0 saturated carbocycles. The van der Waals surface area contributed by atoms with E-state index in [1.807, 2.05) is 13.0 Å². The normalized spacial score (nSPS) is 39.7. The first-order valence-electron chi connectivity index (χ1n) is 2.51. The Labute approximate surface area is 43.0 Å². The highest BCUT2D eigenvalue weighted by Gasteiger charge is 2.09. The minimum Gasteiger partial charge on any atom is -0.629 e. The third-order valence-corrected chi connectivity index (χ3v) is 1.26. The van der Waals surface area contributed by atoms with Crippen molar-refractivity contribution in [1.29, 1.82) is 0 Å². The van der Waals surface area contributed by atoms with E-state index < -0.39 is 0 Å². The predicted octanol–water partition coefficient (Wildman–Crippen LogP) is -0.325. The number of rotatable bonds is 0. The van der Waals surface area contributed by atoms with Gasteiger partial charge in [-0.1, -0.05) is 0 Å². The first-order valence-corrected chi connectivity index (χ1v) is 2.51. The van der Waals surface area contributed by atoms with E-state index in [1.54, 1.807) is 6.20 Å². The van der Waals surface area contributed by atoms with Crippen molar-refractivity contribution in [3.05, 3.63) is 17.5 Å². The molecule has 1 aliphatic rings. The number of hydrogen-bond acceptors (Lipinski definition) is 1. The zero-order valence-corrected chi connectivity index (χ0v) is 4.35. The molecule has 1 N–H and O–H groups in total. The average molecular weight is 99.1 g/mol. The molecule has 40 valence electrons. The molecule has 0 fully saturated rings. The lowest BCUT2D eigenvalue weighted by molar-refractivity contribution is -0.811. The molecule has 1 aliphatic heterocycles. The summed E-state index contributed by atoms with van der Waals surface area (Å²) < 4.78 is 0. The van der Waals surface area contributed by atoms with E-state index in [0.29, 0.717) is 0 Å². The quantitative estimate of drug-likeness (QED) is 0.414. The van der Waals surface area contributed by atoms with Crippen LogP contribution < -0.4 is 5.06 Å². The third-order valence-electron chi connectivity index (χ3n) is 1.26. The van der Waals surface area contributed by atoms with Crippen molar-refractivity contribution in [1.82, 2.24) is 0 Å². The molecule has 2 atom stereocenters. The van der Waals surface area contributed by atoms with E-state index in [0.717, 1.165) is 6.42 Å². The van der Waals surface area contributed by atoms with E-state index in [4.69, 9.17) is 0 Å². The zero-order chi connectivity index (χ0) is 5.28. The summed E-state index contributed by atoms with van der Waals surface area (Å²) in [5.74, 6) is 0. The summed E-state index contributed by atoms with van der Waals surface area (Å²) >= 11 is 0. The Hall–Kier alpha value is -0.340. The smallest absolute Gasteiger partial charge is 0.0922 e. The summed E-state index contributed by atoms with van der Waals surface area (Å²) in [6.45, 7) is 1.95. The molecule has 0 bridgehead atoms. The maximum atomic E-state index is 10.5. The van der Waals surface area contributed by atoms with Gasteiger partial charge in [-0.15, -0.1) is 0 Å². The van der Waals surface area contributed by atoms with E-state index in [1.165, 1.54) is 0 Å². The Bertz CT molecular complexity index is 90.1. The van der Waals surface area contributed by atoms with Gasteiger partial charge in [-0.2, -0.15) is 0 Å². The van der Waals surface area contributed by atoms with Gasteiger partial charge >= 0.3 is 0 Å². The molecule has 2 unspecified atom stereocenters. The SMILES string of the molecule is CC1CC=C[NH+]1[O-]. The highest BCUT2D eigenvalue weighted by Crippen LogP contribution is 1.91. The topological polar surface area (TPSA) is 27.5 Å². The van der Waals surface area contributed by atoms with Gasteiger partial charge in [0.1, 0.15) is 0 Å². The van der Waals surface area contributed by atoms with Crippen LogP contribution in [0, 0.1) is 5.21 Å². The fourth-order valence-corrected chi connectivity index (χ4v) is 0.669. The Morgan fingerprint density at radius 2 is 2.57 bits per heavy atom. The van der Waals surface area contributed by atoms with Crippen LogP contribution in [0.3, 0.4) is 0 Å². The molecular formula is C5H9NO. The van der Waals surface area contributed by atoms with Crippen molar-refractivity contribution in [2.24, 2.45) is 0 Å². The predicted molar refractivity (Wildman–Crippen MR) is 27.5 cm³/mol. The molecule has 0 amide bonds. The van der Waals surface area contributed by atoms with Crippen LogP contribution in [0.25, 0.3) is 0 Å². The Morgan fingerprint density at radius 1 is 1.86 bits per heavy atom. The van der Waals surface area contributed by atoms with Crippen LogP contribution in [-0.2, 0) is 0 Å². The van der Waals surface area contributed by atoms with Crippen LogP contribution in [0.2, 0.25) is 0 Å². The highest BCUT2D eigenvalue weighted by molar-refractivity contribution is 4.81. The first kappa shape index (κ1) is 4.81. The summed E-state index contributed by atoms with van der Waals surface area (Å²) in [6.07, 6.45) is 4.52. The molecule has 1 rings (SSSR count). The van der Waals surface area contributed by atoms with Gasteiger partial charge in [-0.05, 0) is 13.0 Å². The van der Waals surface area contributed by atoms with Crippen molar-refractivity contribution < 1.29 is 5.06 Å². The lowest BCUT2D eigenvalue weighted by atomic mass is 10.3. The van der Waals surface area contributed by atoms with Gasteiger partial charge in [0.2, 0.25) is 0 Å². The molecule has 0 aromatic carbocycles. The number of hydroxylamine groups is 2. The Balaban J connectivity index is 2.45. The van der Waals surface area contributed by atoms with Crippen LogP contribution in [0.5, 0.6) is 0 Å². The average Bonchev–Trinajstić information content (AvgIpc) is 1.91. The van der Waals surface area contributed by atoms with E-state index in [9.17, 15) is 5.21 Å². The first-order chi connectivity index (χ1) is 3.30. The summed E-state index contributed by atoms with van der Waals surface area (Å²) in [5.41, 5.74) is 0. The molecule has 2 nitrogen and oxygen atoms in total. The maximum absolute atomic E-state index is 10.5. The molecule has 0 aliphatic carbocycles. The number of hydrogen-bond donors (Lipinski definition) is 1. The van der Waals surface area contributed by atoms with Gasteiger partial charge in [-0.3, -0.25) is 0 Å². The van der Waals surface area contributed by atoms with Crippen LogP contribution in [-0.4, -0.2) is 6.04 Å². The van der Waals surface area contributed by atoms with Gasteiger partial charge in [0, 0.05) is 6.42 Å². The summed E-state index contributed by atoms with van der Waals surface area (Å²) in [5, 5.41) is 10.8. The minimum atomic E-state index is 0.264. The second-order valence-electron chi connectivity index (χ2n) is 1.94. The van der Waals surface area contributed by atoms with Crippen molar-refractivity contribution in [3.8, 4) is 0 Å². The van der Waals surface area contributed by atoms with Gasteiger partial charge in [0.05, 0.1) is 12.2 Å². The molecule has 0 saturated heterocycles. The molecule has 0 aromatic rings. The molecule has 7 heavy (non-hydrogen) atoms. The highest BCUT2D eigenvalue weighted by atomic mass is 16.5. The van der Waals surface area contributed by atoms with E-state index in [-0.39, 0.29) is 11.1 Å². The van der Waals surface area contributed by atoms with Crippen molar-refractivity contribution in [2.75, 3.05) is 0 Å². The fourth-order valence-electron chi connectivity index (χ4n) is 0.669. The van der Waals surface area contributed by atoms with Crippen LogP contribution >= 0.6 is 0 Å². The zero-order valence-electron chi connectivity index (χ0n) is 4.35. The van der Waals surface area contributed by atoms with E-state index in [2.05, 4.69) is 0 Å². The van der Waals surface area contributed by atoms with Gasteiger partial charge in [-0.25, -0.2) is 0 Å². The molecule has 0 spiro atoms. The Kier molecular flexibility index (Phi) is 1.13. The lowest BCUT2D eigenvalue weighted by Crippen LogP contribution is -3.04. The van der Waals surface area contributed by atoms with Gasteiger partial charge in [0.15, 0.2) is 0 Å². The van der Waals surface area contributed by atoms with Crippen LogP contribution in [0.4, 0.5) is 0 Å². The molecule has 0 radical (unpaired) electrons. The monoisotopic (exact) mass is 99.1 g/mol. The largest absolute Gasteiger partial charge is 0.629 e. The minimum absolute atomic E-state index is 0.264. The molecule has 1 heterocycles. The summed E-state index contributed by atoms with van der Waals surface area (Å²) in [7, 11) is 0. The molecular weight excluding hydrogens is 90.1 g/mol. The lowest BCUT2D eigenvalue weighted by Gasteiger charge is -2.17. The summed E-state index contributed by atoms with van der Waals surface area (Å²) in [6, 6.07) is 0.264. The molecule has 2 heteroatoms. The van der Waals surface area contributed by atoms with Crippen molar-refractivity contribution in [2.45, 2.75) is 19.4 Å². The second kappa shape index (κ2) is 1.64. The third kappa shape index (κ3) is 0.813. The van der Waals surface area contributed by atoms with Crippen molar-refractivity contribution in [3.63, 3.8) is 0 Å². The Morgan fingerprint density at radius 3 is 2.71 bits per heavy atom. The van der Waals surface area contributed by atoms with Gasteiger partial charge in [0.25, 0.3) is 0 Å². The maximum Gasteiger partial charge on any atom is 0.0922 e.